The van der Waals surface area contributed by atoms with Crippen molar-refractivity contribution in [1.82, 2.24) is 10.4 Å². The Morgan fingerprint density at radius 1 is 1.37 bits per heavy atom. The third-order valence-electron chi connectivity index (χ3n) is 2.84. The normalized spacial score (nSPS) is 12.4. The van der Waals surface area contributed by atoms with E-state index in [1.807, 2.05) is 13.0 Å². The SMILES string of the molecule is Cc1cnc(N)c(C(NN)c2ccc(F)c(Cl)c2)c1. The molecule has 2 rings (SSSR count). The summed E-state index contributed by atoms with van der Waals surface area (Å²) in [6, 6.07) is 5.90. The highest BCUT2D eigenvalue weighted by Crippen LogP contribution is 2.28. The van der Waals surface area contributed by atoms with Crippen molar-refractivity contribution in [1.29, 1.82) is 0 Å². The van der Waals surface area contributed by atoms with E-state index in [-0.39, 0.29) is 5.02 Å². The number of aryl methyl sites for hydroxylation is 1. The molecule has 0 bridgehead atoms. The standard InChI is InChI=1S/C13H14ClFN4/c1-7-4-9(13(16)18-6-7)12(19-17)8-2-3-11(15)10(14)5-8/h2-6,12,19H,17H2,1H3,(H2,16,18). The van der Waals surface area contributed by atoms with Crippen LogP contribution < -0.4 is 17.0 Å². The van der Waals surface area contributed by atoms with Crippen molar-refractivity contribution in [3.63, 3.8) is 0 Å². The topological polar surface area (TPSA) is 77.0 Å². The maximum Gasteiger partial charge on any atom is 0.141 e. The molecule has 1 heterocycles. The summed E-state index contributed by atoms with van der Waals surface area (Å²) in [5, 5.41) is 0.0388. The number of hydrogen-bond acceptors (Lipinski definition) is 4. The highest BCUT2D eigenvalue weighted by Gasteiger charge is 2.17. The molecule has 5 N–H and O–H groups in total. The number of rotatable bonds is 3. The van der Waals surface area contributed by atoms with E-state index in [1.54, 1.807) is 12.3 Å². The van der Waals surface area contributed by atoms with Crippen LogP contribution in [0.1, 0.15) is 22.7 Å². The maximum absolute atomic E-state index is 13.2. The first kappa shape index (κ1) is 13.7. The van der Waals surface area contributed by atoms with E-state index in [0.717, 1.165) is 11.1 Å². The van der Waals surface area contributed by atoms with E-state index in [4.69, 9.17) is 23.2 Å². The predicted molar refractivity (Wildman–Crippen MR) is 74.0 cm³/mol. The van der Waals surface area contributed by atoms with Crippen LogP contribution in [-0.4, -0.2) is 4.98 Å². The number of nitrogens with two attached hydrogens (primary N) is 2. The fraction of sp³-hybridized carbons (Fsp3) is 0.154. The molecule has 0 aliphatic heterocycles. The number of hydrazine groups is 1. The second-order valence-corrected chi connectivity index (χ2v) is 4.67. The molecule has 0 fully saturated rings. The molecule has 0 aliphatic carbocycles. The first-order chi connectivity index (χ1) is 9.02. The number of hydrogen-bond donors (Lipinski definition) is 3. The van der Waals surface area contributed by atoms with Gasteiger partial charge in [-0.1, -0.05) is 17.7 Å². The number of anilines is 1. The van der Waals surface area contributed by atoms with Gasteiger partial charge in [0.25, 0.3) is 0 Å². The van der Waals surface area contributed by atoms with Gasteiger partial charge >= 0.3 is 0 Å². The van der Waals surface area contributed by atoms with E-state index in [9.17, 15) is 4.39 Å². The van der Waals surface area contributed by atoms with Gasteiger partial charge in [-0.15, -0.1) is 0 Å². The maximum atomic E-state index is 13.2. The lowest BCUT2D eigenvalue weighted by molar-refractivity contribution is 0.615. The number of pyridine rings is 1. The third-order valence-corrected chi connectivity index (χ3v) is 3.13. The number of halogens is 2. The fourth-order valence-corrected chi connectivity index (χ4v) is 2.08. The Bertz CT molecular complexity index is 603. The van der Waals surface area contributed by atoms with E-state index in [1.165, 1.54) is 12.1 Å². The van der Waals surface area contributed by atoms with Crippen LogP contribution >= 0.6 is 11.6 Å². The molecule has 1 aromatic heterocycles. The number of nitrogens with zero attached hydrogens (tertiary/aromatic N) is 1. The Labute approximate surface area is 115 Å². The van der Waals surface area contributed by atoms with E-state index in [0.29, 0.717) is 11.4 Å². The molecule has 4 nitrogen and oxygen atoms in total. The Kier molecular flexibility index (Phi) is 3.99. The molecule has 0 aliphatic rings. The zero-order chi connectivity index (χ0) is 14.0. The van der Waals surface area contributed by atoms with Crippen molar-refractivity contribution in [3.05, 3.63) is 58.0 Å². The van der Waals surface area contributed by atoms with Gasteiger partial charge in [0.2, 0.25) is 0 Å². The molecule has 1 unspecified atom stereocenters. The molecule has 0 saturated carbocycles. The molecule has 2 aromatic rings. The smallest absolute Gasteiger partial charge is 0.141 e. The molecular formula is C13H14ClFN4. The fourth-order valence-electron chi connectivity index (χ4n) is 1.89. The van der Waals surface area contributed by atoms with Crippen LogP contribution in [-0.2, 0) is 0 Å². The summed E-state index contributed by atoms with van der Waals surface area (Å²) in [6.45, 7) is 1.90. The van der Waals surface area contributed by atoms with Gasteiger partial charge in [-0.25, -0.2) is 14.8 Å². The van der Waals surface area contributed by atoms with E-state index >= 15 is 0 Å². The van der Waals surface area contributed by atoms with Crippen LogP contribution in [0.15, 0.2) is 30.5 Å². The molecule has 100 valence electrons. The summed E-state index contributed by atoms with van der Waals surface area (Å²) < 4.78 is 13.2. The van der Waals surface area contributed by atoms with Crippen LogP contribution in [0, 0.1) is 12.7 Å². The zero-order valence-corrected chi connectivity index (χ0v) is 11.1. The summed E-state index contributed by atoms with van der Waals surface area (Å²) in [6.07, 6.45) is 1.67. The first-order valence-corrected chi connectivity index (χ1v) is 6.04. The lowest BCUT2D eigenvalue weighted by Gasteiger charge is -2.19. The highest BCUT2D eigenvalue weighted by molar-refractivity contribution is 6.30. The van der Waals surface area contributed by atoms with Crippen molar-refractivity contribution < 1.29 is 4.39 Å². The van der Waals surface area contributed by atoms with Crippen LogP contribution in [0.4, 0.5) is 10.2 Å². The van der Waals surface area contributed by atoms with Crippen LogP contribution in [0.5, 0.6) is 0 Å². The minimum absolute atomic E-state index is 0.0388. The minimum atomic E-state index is -0.475. The number of aromatic nitrogens is 1. The quantitative estimate of drug-likeness (QED) is 0.596. The highest BCUT2D eigenvalue weighted by atomic mass is 35.5. The number of nitrogens with one attached hydrogen (secondary N) is 1. The summed E-state index contributed by atoms with van der Waals surface area (Å²) in [4.78, 5) is 4.09. The molecule has 0 amide bonds. The lowest BCUT2D eigenvalue weighted by atomic mass is 9.99. The molecule has 0 radical (unpaired) electrons. The van der Waals surface area contributed by atoms with Gasteiger partial charge in [0.1, 0.15) is 11.6 Å². The molecule has 1 aromatic carbocycles. The van der Waals surface area contributed by atoms with Gasteiger partial charge in [-0.05, 0) is 36.2 Å². The van der Waals surface area contributed by atoms with Crippen molar-refractivity contribution in [2.24, 2.45) is 5.84 Å². The van der Waals surface area contributed by atoms with Gasteiger partial charge < -0.3 is 5.73 Å². The molecular weight excluding hydrogens is 267 g/mol. The average Bonchev–Trinajstić information content (AvgIpc) is 2.38. The third kappa shape index (κ3) is 2.84. The molecule has 1 atom stereocenters. The Morgan fingerprint density at radius 2 is 2.11 bits per heavy atom. The Morgan fingerprint density at radius 3 is 2.74 bits per heavy atom. The largest absolute Gasteiger partial charge is 0.383 e. The second-order valence-electron chi connectivity index (χ2n) is 4.26. The molecule has 0 saturated heterocycles. The van der Waals surface area contributed by atoms with Gasteiger partial charge in [0.15, 0.2) is 0 Å². The van der Waals surface area contributed by atoms with Gasteiger partial charge in [-0.3, -0.25) is 5.84 Å². The summed E-state index contributed by atoms with van der Waals surface area (Å²) >= 11 is 5.78. The predicted octanol–water partition coefficient (Wildman–Crippen LogP) is 2.32. The Hall–Kier alpha value is -1.69. The second kappa shape index (κ2) is 5.52. The lowest BCUT2D eigenvalue weighted by Crippen LogP contribution is -2.29. The van der Waals surface area contributed by atoms with Crippen LogP contribution in [0.3, 0.4) is 0 Å². The minimum Gasteiger partial charge on any atom is -0.383 e. The van der Waals surface area contributed by atoms with E-state index < -0.39 is 11.9 Å². The summed E-state index contributed by atoms with van der Waals surface area (Å²) in [5.74, 6) is 5.47. The zero-order valence-electron chi connectivity index (χ0n) is 10.3. The summed E-state index contributed by atoms with van der Waals surface area (Å²) in [7, 11) is 0. The average molecular weight is 281 g/mol. The van der Waals surface area contributed by atoms with Crippen LogP contribution in [0.2, 0.25) is 5.02 Å². The van der Waals surface area contributed by atoms with Crippen molar-refractivity contribution in [3.8, 4) is 0 Å². The monoisotopic (exact) mass is 280 g/mol. The number of nitrogen functional groups attached to an aromatic ring is 1. The molecule has 19 heavy (non-hydrogen) atoms. The number of benzene rings is 1. The summed E-state index contributed by atoms with van der Waals surface area (Å²) in [5.41, 5.74) is 10.9. The first-order valence-electron chi connectivity index (χ1n) is 5.66. The van der Waals surface area contributed by atoms with Crippen molar-refractivity contribution in [2.45, 2.75) is 13.0 Å². The van der Waals surface area contributed by atoms with Gasteiger partial charge in [0.05, 0.1) is 11.1 Å². The van der Waals surface area contributed by atoms with Crippen LogP contribution in [0.25, 0.3) is 0 Å². The molecule has 0 spiro atoms. The van der Waals surface area contributed by atoms with Gasteiger partial charge in [-0.2, -0.15) is 0 Å². The van der Waals surface area contributed by atoms with Gasteiger partial charge in [0, 0.05) is 11.8 Å². The van der Waals surface area contributed by atoms with Crippen molar-refractivity contribution in [2.75, 3.05) is 5.73 Å². The molecule has 6 heteroatoms. The Balaban J connectivity index is 2.49. The van der Waals surface area contributed by atoms with Crippen molar-refractivity contribution >= 4 is 17.4 Å². The van der Waals surface area contributed by atoms with E-state index in [2.05, 4.69) is 10.4 Å².